The maximum absolute atomic E-state index is 12.1. The molecule has 0 radical (unpaired) electrons. The number of fused-ring (bicyclic) bond motifs is 1. The van der Waals surface area contributed by atoms with Crippen LogP contribution in [0, 0.1) is 0 Å². The highest BCUT2D eigenvalue weighted by Crippen LogP contribution is 2.25. The molecule has 0 saturated carbocycles. The molecule has 1 unspecified atom stereocenters. The zero-order valence-electron chi connectivity index (χ0n) is 13.5. The van der Waals surface area contributed by atoms with Crippen LogP contribution in [0.2, 0.25) is 0 Å². The number of esters is 1. The van der Waals surface area contributed by atoms with Crippen molar-refractivity contribution in [3.05, 3.63) is 24.3 Å². The molecule has 0 aliphatic carbocycles. The maximum Gasteiger partial charge on any atom is 0.326 e. The summed E-state index contributed by atoms with van der Waals surface area (Å²) < 4.78 is 7.38. The smallest absolute Gasteiger partial charge is 0.326 e. The first-order valence-corrected chi connectivity index (χ1v) is 8.91. The van der Waals surface area contributed by atoms with Gasteiger partial charge in [0.2, 0.25) is 0 Å². The number of aromatic nitrogens is 2. The summed E-state index contributed by atoms with van der Waals surface area (Å²) in [5.41, 5.74) is 1.92. The van der Waals surface area contributed by atoms with Gasteiger partial charge in [-0.15, -0.1) is 0 Å². The van der Waals surface area contributed by atoms with E-state index in [1.165, 1.54) is 0 Å². The quantitative estimate of drug-likeness (QED) is 0.414. The molecule has 5 heteroatoms. The van der Waals surface area contributed by atoms with E-state index in [9.17, 15) is 4.79 Å². The van der Waals surface area contributed by atoms with Crippen molar-refractivity contribution in [1.82, 2.24) is 9.55 Å². The standard InChI is InChI=1S/C17H24N2O2S/c1-4-6-11-22-17-18-14-9-7-8-10-15(14)19(17)12-16(20)21-13(3)5-2/h7-10,13H,4-6,11-12H2,1-3H3. The van der Waals surface area contributed by atoms with Crippen LogP contribution in [0.1, 0.15) is 40.0 Å². The lowest BCUT2D eigenvalue weighted by Crippen LogP contribution is -2.19. The molecule has 0 aliphatic rings. The van der Waals surface area contributed by atoms with E-state index >= 15 is 0 Å². The Labute approximate surface area is 136 Å². The number of carbonyl (C=O) groups excluding carboxylic acids is 1. The van der Waals surface area contributed by atoms with Gasteiger partial charge in [0.05, 0.1) is 17.1 Å². The highest BCUT2D eigenvalue weighted by molar-refractivity contribution is 7.99. The highest BCUT2D eigenvalue weighted by Gasteiger charge is 2.15. The first-order valence-electron chi connectivity index (χ1n) is 7.93. The minimum Gasteiger partial charge on any atom is -0.461 e. The lowest BCUT2D eigenvalue weighted by molar-refractivity contribution is -0.149. The molecule has 1 heterocycles. The number of rotatable bonds is 8. The monoisotopic (exact) mass is 320 g/mol. The largest absolute Gasteiger partial charge is 0.461 e. The van der Waals surface area contributed by atoms with Crippen LogP contribution in [0.3, 0.4) is 0 Å². The molecule has 0 amide bonds. The number of ether oxygens (including phenoxy) is 1. The molecule has 1 aromatic heterocycles. The number of hydrogen-bond donors (Lipinski definition) is 0. The van der Waals surface area contributed by atoms with Crippen LogP contribution in [0.4, 0.5) is 0 Å². The Bertz CT molecular complexity index is 624. The number of para-hydroxylation sites is 2. The third kappa shape index (κ3) is 4.26. The molecule has 2 aromatic rings. The summed E-state index contributed by atoms with van der Waals surface area (Å²) in [7, 11) is 0. The number of carbonyl (C=O) groups is 1. The second-order valence-electron chi connectivity index (χ2n) is 5.38. The molecule has 1 aromatic carbocycles. The summed E-state index contributed by atoms with van der Waals surface area (Å²) in [5, 5.41) is 0.899. The van der Waals surface area contributed by atoms with Gasteiger partial charge in [-0.25, -0.2) is 4.98 Å². The van der Waals surface area contributed by atoms with Gasteiger partial charge in [0, 0.05) is 5.75 Å². The Morgan fingerprint density at radius 2 is 2.14 bits per heavy atom. The zero-order valence-corrected chi connectivity index (χ0v) is 14.4. The first-order chi connectivity index (χ1) is 10.7. The van der Waals surface area contributed by atoms with E-state index in [1.54, 1.807) is 11.8 Å². The van der Waals surface area contributed by atoms with Crippen molar-refractivity contribution >= 4 is 28.8 Å². The number of nitrogens with zero attached hydrogens (tertiary/aromatic N) is 2. The summed E-state index contributed by atoms with van der Waals surface area (Å²) in [6.45, 7) is 6.32. The minimum atomic E-state index is -0.199. The number of benzene rings is 1. The van der Waals surface area contributed by atoms with E-state index < -0.39 is 0 Å². The van der Waals surface area contributed by atoms with Gasteiger partial charge in [-0.1, -0.05) is 44.2 Å². The van der Waals surface area contributed by atoms with Gasteiger partial charge in [0.15, 0.2) is 5.16 Å². The summed E-state index contributed by atoms with van der Waals surface area (Å²) in [6.07, 6.45) is 3.08. The maximum atomic E-state index is 12.1. The van der Waals surface area contributed by atoms with Crippen molar-refractivity contribution < 1.29 is 9.53 Å². The predicted molar refractivity (Wildman–Crippen MR) is 91.2 cm³/mol. The molecule has 0 bridgehead atoms. The van der Waals surface area contributed by atoms with Crippen molar-refractivity contribution in [2.75, 3.05) is 5.75 Å². The molecular weight excluding hydrogens is 296 g/mol. The fourth-order valence-corrected chi connectivity index (χ4v) is 3.20. The molecule has 22 heavy (non-hydrogen) atoms. The van der Waals surface area contributed by atoms with E-state index in [2.05, 4.69) is 11.9 Å². The van der Waals surface area contributed by atoms with Gasteiger partial charge in [0.25, 0.3) is 0 Å². The van der Waals surface area contributed by atoms with Gasteiger partial charge in [-0.05, 0) is 31.9 Å². The molecule has 0 N–H and O–H groups in total. The van der Waals surface area contributed by atoms with Gasteiger partial charge in [-0.3, -0.25) is 4.79 Å². The van der Waals surface area contributed by atoms with E-state index in [0.717, 1.165) is 41.2 Å². The molecular formula is C17H24N2O2S. The summed E-state index contributed by atoms with van der Waals surface area (Å²) in [6, 6.07) is 7.93. The molecule has 4 nitrogen and oxygen atoms in total. The second kappa shape index (κ2) is 8.22. The molecule has 120 valence electrons. The highest BCUT2D eigenvalue weighted by atomic mass is 32.2. The van der Waals surface area contributed by atoms with Crippen LogP contribution >= 0.6 is 11.8 Å². The lowest BCUT2D eigenvalue weighted by Gasteiger charge is -2.13. The first kappa shape index (κ1) is 16.9. The van der Waals surface area contributed by atoms with Crippen LogP contribution in [-0.2, 0) is 16.1 Å². The normalized spacial score (nSPS) is 12.5. The number of hydrogen-bond acceptors (Lipinski definition) is 4. The van der Waals surface area contributed by atoms with Crippen LogP contribution in [0.25, 0.3) is 11.0 Å². The topological polar surface area (TPSA) is 44.1 Å². The van der Waals surface area contributed by atoms with Crippen molar-refractivity contribution in [2.24, 2.45) is 0 Å². The zero-order chi connectivity index (χ0) is 15.9. The van der Waals surface area contributed by atoms with Crippen molar-refractivity contribution in [3.8, 4) is 0 Å². The average molecular weight is 320 g/mol. The third-order valence-electron chi connectivity index (χ3n) is 3.54. The SMILES string of the molecule is CCCCSc1nc2ccccc2n1CC(=O)OC(C)CC. The molecule has 0 spiro atoms. The van der Waals surface area contributed by atoms with Gasteiger partial charge >= 0.3 is 5.97 Å². The van der Waals surface area contributed by atoms with Crippen LogP contribution in [0.15, 0.2) is 29.4 Å². The van der Waals surface area contributed by atoms with Crippen molar-refractivity contribution in [3.63, 3.8) is 0 Å². The fraction of sp³-hybridized carbons (Fsp3) is 0.529. The van der Waals surface area contributed by atoms with Gasteiger partial charge in [0.1, 0.15) is 6.54 Å². The Morgan fingerprint density at radius 1 is 1.36 bits per heavy atom. The number of imidazole rings is 1. The van der Waals surface area contributed by atoms with E-state index in [4.69, 9.17) is 4.74 Å². The van der Waals surface area contributed by atoms with E-state index in [-0.39, 0.29) is 18.6 Å². The second-order valence-corrected chi connectivity index (χ2v) is 6.44. The Kier molecular flexibility index (Phi) is 6.31. The molecule has 2 rings (SSSR count). The molecule has 0 saturated heterocycles. The Hall–Kier alpha value is -1.49. The lowest BCUT2D eigenvalue weighted by atomic mass is 10.3. The van der Waals surface area contributed by atoms with Crippen molar-refractivity contribution in [1.29, 1.82) is 0 Å². The third-order valence-corrected chi connectivity index (χ3v) is 4.61. The minimum absolute atomic E-state index is 0.0431. The summed E-state index contributed by atoms with van der Waals surface area (Å²) in [4.78, 5) is 16.8. The Balaban J connectivity index is 2.21. The van der Waals surface area contributed by atoms with E-state index in [0.29, 0.717) is 0 Å². The molecule has 1 atom stereocenters. The summed E-state index contributed by atoms with van der Waals surface area (Å²) >= 11 is 1.71. The Morgan fingerprint density at radius 3 is 2.86 bits per heavy atom. The van der Waals surface area contributed by atoms with Crippen LogP contribution in [-0.4, -0.2) is 27.4 Å². The molecule has 0 fully saturated rings. The van der Waals surface area contributed by atoms with Crippen LogP contribution in [0.5, 0.6) is 0 Å². The average Bonchev–Trinajstić information content (AvgIpc) is 2.85. The van der Waals surface area contributed by atoms with E-state index in [1.807, 2.05) is 42.7 Å². The molecule has 0 aliphatic heterocycles. The fourth-order valence-electron chi connectivity index (χ4n) is 2.10. The number of unbranched alkanes of at least 4 members (excludes halogenated alkanes) is 1. The predicted octanol–water partition coefficient (Wildman–Crippen LogP) is 4.27. The van der Waals surface area contributed by atoms with Gasteiger partial charge < -0.3 is 9.30 Å². The van der Waals surface area contributed by atoms with Crippen molar-refractivity contribution in [2.45, 2.75) is 57.8 Å². The van der Waals surface area contributed by atoms with Gasteiger partial charge in [-0.2, -0.15) is 0 Å². The number of thioether (sulfide) groups is 1. The van der Waals surface area contributed by atoms with Crippen LogP contribution < -0.4 is 0 Å². The summed E-state index contributed by atoms with van der Waals surface area (Å²) in [5.74, 6) is 0.815.